The topological polar surface area (TPSA) is 58.2 Å². The standard InChI is InChI=1S/C18H19ClN2O2/c1-13(15-5-3-2-4-6-15)11-20-17(22)18(23)21-12-14-7-9-16(19)10-8-14/h2-10,13H,11-12H2,1H3,(H,20,22)(H,21,23)/t13-/m1/s1. The molecular weight excluding hydrogens is 312 g/mol. The molecule has 4 nitrogen and oxygen atoms in total. The maximum atomic E-state index is 11.8. The van der Waals surface area contributed by atoms with Crippen LogP contribution in [0.15, 0.2) is 54.6 Å². The maximum Gasteiger partial charge on any atom is 0.309 e. The van der Waals surface area contributed by atoms with Gasteiger partial charge in [0.25, 0.3) is 0 Å². The fraction of sp³-hybridized carbons (Fsp3) is 0.222. The maximum absolute atomic E-state index is 11.8. The molecule has 0 unspecified atom stereocenters. The van der Waals surface area contributed by atoms with Crippen LogP contribution in [0, 0.1) is 0 Å². The van der Waals surface area contributed by atoms with Gasteiger partial charge in [0, 0.05) is 18.1 Å². The van der Waals surface area contributed by atoms with Crippen molar-refractivity contribution in [1.82, 2.24) is 10.6 Å². The Bertz CT molecular complexity index is 656. The number of rotatable bonds is 5. The monoisotopic (exact) mass is 330 g/mol. The summed E-state index contributed by atoms with van der Waals surface area (Å²) in [7, 11) is 0. The zero-order valence-electron chi connectivity index (χ0n) is 12.9. The molecule has 23 heavy (non-hydrogen) atoms. The molecule has 0 bridgehead atoms. The Morgan fingerprint density at radius 3 is 2.22 bits per heavy atom. The molecule has 0 aliphatic carbocycles. The van der Waals surface area contributed by atoms with Gasteiger partial charge in [0.2, 0.25) is 0 Å². The van der Waals surface area contributed by atoms with Crippen molar-refractivity contribution in [1.29, 1.82) is 0 Å². The van der Waals surface area contributed by atoms with Gasteiger partial charge in [-0.15, -0.1) is 0 Å². The van der Waals surface area contributed by atoms with Gasteiger partial charge in [-0.2, -0.15) is 0 Å². The van der Waals surface area contributed by atoms with Gasteiger partial charge in [0.15, 0.2) is 0 Å². The molecule has 5 heteroatoms. The van der Waals surface area contributed by atoms with Crippen LogP contribution in [-0.2, 0) is 16.1 Å². The Hall–Kier alpha value is -2.33. The number of hydrogen-bond acceptors (Lipinski definition) is 2. The molecule has 0 heterocycles. The van der Waals surface area contributed by atoms with Gasteiger partial charge in [0.1, 0.15) is 0 Å². The lowest BCUT2D eigenvalue weighted by atomic mass is 10.0. The minimum Gasteiger partial charge on any atom is -0.347 e. The Morgan fingerprint density at radius 1 is 0.957 bits per heavy atom. The van der Waals surface area contributed by atoms with E-state index in [9.17, 15) is 9.59 Å². The highest BCUT2D eigenvalue weighted by Crippen LogP contribution is 2.13. The van der Waals surface area contributed by atoms with Gasteiger partial charge in [-0.05, 0) is 29.2 Å². The molecule has 0 radical (unpaired) electrons. The molecule has 0 aliphatic rings. The molecule has 120 valence electrons. The van der Waals surface area contributed by atoms with Gasteiger partial charge in [-0.1, -0.05) is 61.0 Å². The van der Waals surface area contributed by atoms with Gasteiger partial charge in [-0.25, -0.2) is 0 Å². The van der Waals surface area contributed by atoms with Crippen molar-refractivity contribution < 1.29 is 9.59 Å². The number of halogens is 1. The molecule has 1 atom stereocenters. The van der Waals surface area contributed by atoms with Crippen molar-refractivity contribution in [2.45, 2.75) is 19.4 Å². The molecule has 2 N–H and O–H groups in total. The van der Waals surface area contributed by atoms with Crippen LogP contribution in [0.4, 0.5) is 0 Å². The molecule has 0 fully saturated rings. The largest absolute Gasteiger partial charge is 0.347 e. The molecule has 2 rings (SSSR count). The zero-order valence-corrected chi connectivity index (χ0v) is 13.6. The van der Waals surface area contributed by atoms with Gasteiger partial charge in [-0.3, -0.25) is 9.59 Å². The molecule has 0 saturated carbocycles. The number of hydrogen-bond donors (Lipinski definition) is 2. The van der Waals surface area contributed by atoms with Crippen LogP contribution in [0.25, 0.3) is 0 Å². The molecule has 0 aromatic heterocycles. The van der Waals surface area contributed by atoms with Crippen molar-refractivity contribution >= 4 is 23.4 Å². The molecule has 0 spiro atoms. The Balaban J connectivity index is 1.76. The minimum absolute atomic E-state index is 0.143. The predicted octanol–water partition coefficient (Wildman–Crippen LogP) is 2.88. The Kier molecular flexibility index (Phi) is 6.18. The van der Waals surface area contributed by atoms with E-state index >= 15 is 0 Å². The number of benzene rings is 2. The van der Waals surface area contributed by atoms with Crippen LogP contribution >= 0.6 is 11.6 Å². The molecule has 0 aliphatic heterocycles. The molecule has 2 aromatic rings. The number of carbonyl (C=O) groups excluding carboxylic acids is 2. The lowest BCUT2D eigenvalue weighted by Crippen LogP contribution is -2.40. The fourth-order valence-electron chi connectivity index (χ4n) is 2.09. The third kappa shape index (κ3) is 5.42. The van der Waals surface area contributed by atoms with E-state index < -0.39 is 11.8 Å². The second-order valence-corrected chi connectivity index (χ2v) is 5.77. The summed E-state index contributed by atoms with van der Waals surface area (Å²) in [5.41, 5.74) is 2.00. The summed E-state index contributed by atoms with van der Waals surface area (Å²) in [6.45, 7) is 2.70. The molecule has 2 aromatic carbocycles. The van der Waals surface area contributed by atoms with Crippen molar-refractivity contribution in [2.75, 3.05) is 6.54 Å². The summed E-state index contributed by atoms with van der Waals surface area (Å²) in [6.07, 6.45) is 0. The lowest BCUT2D eigenvalue weighted by Gasteiger charge is -2.13. The summed E-state index contributed by atoms with van der Waals surface area (Å²) >= 11 is 5.79. The third-order valence-electron chi connectivity index (χ3n) is 3.51. The number of nitrogens with one attached hydrogen (secondary N) is 2. The van der Waals surface area contributed by atoms with Crippen LogP contribution in [0.3, 0.4) is 0 Å². The van der Waals surface area contributed by atoms with E-state index in [1.807, 2.05) is 37.3 Å². The van der Waals surface area contributed by atoms with E-state index in [2.05, 4.69) is 10.6 Å². The first-order valence-electron chi connectivity index (χ1n) is 7.41. The first-order chi connectivity index (χ1) is 11.1. The summed E-state index contributed by atoms with van der Waals surface area (Å²) in [6, 6.07) is 16.9. The molecule has 2 amide bonds. The normalized spacial score (nSPS) is 11.6. The Morgan fingerprint density at radius 2 is 1.57 bits per heavy atom. The van der Waals surface area contributed by atoms with Crippen LogP contribution < -0.4 is 10.6 Å². The number of carbonyl (C=O) groups is 2. The zero-order chi connectivity index (χ0) is 16.7. The minimum atomic E-state index is -0.639. The highest BCUT2D eigenvalue weighted by atomic mass is 35.5. The average molecular weight is 331 g/mol. The van der Waals surface area contributed by atoms with Crippen molar-refractivity contribution in [3.8, 4) is 0 Å². The summed E-state index contributed by atoms with van der Waals surface area (Å²) in [5, 5.41) is 5.87. The van der Waals surface area contributed by atoms with Crippen LogP contribution in [-0.4, -0.2) is 18.4 Å². The van der Waals surface area contributed by atoms with Crippen molar-refractivity contribution in [3.63, 3.8) is 0 Å². The Labute approximate surface area is 140 Å². The van der Waals surface area contributed by atoms with Crippen molar-refractivity contribution in [3.05, 3.63) is 70.7 Å². The van der Waals surface area contributed by atoms with Gasteiger partial charge < -0.3 is 10.6 Å². The second kappa shape index (κ2) is 8.34. The highest BCUT2D eigenvalue weighted by molar-refractivity contribution is 6.35. The van der Waals surface area contributed by atoms with Crippen molar-refractivity contribution in [2.24, 2.45) is 0 Å². The van der Waals surface area contributed by atoms with Gasteiger partial charge >= 0.3 is 11.8 Å². The van der Waals surface area contributed by atoms with E-state index in [1.54, 1.807) is 24.3 Å². The first-order valence-corrected chi connectivity index (χ1v) is 7.79. The third-order valence-corrected chi connectivity index (χ3v) is 3.76. The summed E-state index contributed by atoms with van der Waals surface area (Å²) in [4.78, 5) is 23.6. The first kappa shape index (κ1) is 17.0. The van der Waals surface area contributed by atoms with Crippen LogP contribution in [0.1, 0.15) is 24.0 Å². The number of amides is 2. The predicted molar refractivity (Wildman–Crippen MR) is 91.2 cm³/mol. The molecule has 0 saturated heterocycles. The van der Waals surface area contributed by atoms with E-state index in [-0.39, 0.29) is 12.5 Å². The van der Waals surface area contributed by atoms with E-state index in [4.69, 9.17) is 11.6 Å². The average Bonchev–Trinajstić information content (AvgIpc) is 2.59. The highest BCUT2D eigenvalue weighted by Gasteiger charge is 2.14. The van der Waals surface area contributed by atoms with Gasteiger partial charge in [0.05, 0.1) is 0 Å². The van der Waals surface area contributed by atoms with E-state index in [0.29, 0.717) is 11.6 Å². The second-order valence-electron chi connectivity index (χ2n) is 5.33. The summed E-state index contributed by atoms with van der Waals surface area (Å²) < 4.78 is 0. The van der Waals surface area contributed by atoms with Crippen LogP contribution in [0.2, 0.25) is 5.02 Å². The summed E-state index contributed by atoms with van der Waals surface area (Å²) in [5.74, 6) is -1.12. The molecular formula is C18H19ClN2O2. The van der Waals surface area contributed by atoms with Crippen LogP contribution in [0.5, 0.6) is 0 Å². The fourth-order valence-corrected chi connectivity index (χ4v) is 2.22. The van der Waals surface area contributed by atoms with E-state index in [1.165, 1.54) is 0 Å². The smallest absolute Gasteiger partial charge is 0.309 e. The quantitative estimate of drug-likeness (QED) is 0.828. The lowest BCUT2D eigenvalue weighted by molar-refractivity contribution is -0.139. The SMILES string of the molecule is C[C@H](CNC(=O)C(=O)NCc1ccc(Cl)cc1)c1ccccc1. The van der Waals surface area contributed by atoms with E-state index in [0.717, 1.165) is 11.1 Å².